The van der Waals surface area contributed by atoms with E-state index < -0.39 is 0 Å². The van der Waals surface area contributed by atoms with Gasteiger partial charge in [0.15, 0.2) is 0 Å². The molecule has 0 aromatic rings. The Morgan fingerprint density at radius 1 is 1.15 bits per heavy atom. The summed E-state index contributed by atoms with van der Waals surface area (Å²) in [7, 11) is 0. The Balaban J connectivity index is 3.67. The average Bonchev–Trinajstić information content (AvgIpc) is 2.40. The van der Waals surface area contributed by atoms with Crippen molar-refractivity contribution in [1.82, 2.24) is 0 Å². The number of hydrogen-bond donors (Lipinski definition) is 0. The zero-order valence-corrected chi connectivity index (χ0v) is 13.8. The van der Waals surface area contributed by atoms with E-state index in [9.17, 15) is 4.79 Å². The summed E-state index contributed by atoms with van der Waals surface area (Å²) in [5, 5.41) is 0. The van der Waals surface area contributed by atoms with Crippen molar-refractivity contribution < 1.29 is 9.53 Å². The molecule has 0 aliphatic heterocycles. The minimum atomic E-state index is -0.136. The van der Waals surface area contributed by atoms with Gasteiger partial charge in [0.05, 0.1) is 0 Å². The smallest absolute Gasteiger partial charge is 0.302 e. The molecule has 0 saturated heterocycles. The summed E-state index contributed by atoms with van der Waals surface area (Å²) in [5.74, 6) is 0.501. The highest BCUT2D eigenvalue weighted by atomic mass is 16.5. The van der Waals surface area contributed by atoms with Gasteiger partial charge in [-0.05, 0) is 38.0 Å². The third-order valence-corrected chi connectivity index (χ3v) is 3.88. The molecule has 2 unspecified atom stereocenters. The Hall–Kier alpha value is -0.790. The van der Waals surface area contributed by atoms with Crippen LogP contribution in [-0.4, -0.2) is 12.1 Å². The third-order valence-electron chi connectivity index (χ3n) is 3.88. The molecule has 0 amide bonds. The van der Waals surface area contributed by atoms with Crippen molar-refractivity contribution >= 4 is 5.97 Å². The van der Waals surface area contributed by atoms with Gasteiger partial charge in [-0.2, -0.15) is 0 Å². The number of carbonyl (C=O) groups is 1. The van der Waals surface area contributed by atoms with Gasteiger partial charge in [0.25, 0.3) is 0 Å². The van der Waals surface area contributed by atoms with E-state index in [2.05, 4.69) is 20.4 Å². The largest absolute Gasteiger partial charge is 0.463 e. The lowest BCUT2D eigenvalue weighted by molar-refractivity contribution is -0.147. The second-order valence-corrected chi connectivity index (χ2v) is 5.97. The van der Waals surface area contributed by atoms with Gasteiger partial charge in [-0.15, -0.1) is 6.58 Å². The van der Waals surface area contributed by atoms with E-state index in [1.807, 2.05) is 6.08 Å². The molecule has 0 fully saturated rings. The summed E-state index contributed by atoms with van der Waals surface area (Å²) in [4.78, 5) is 11.1. The van der Waals surface area contributed by atoms with Gasteiger partial charge in [-0.25, -0.2) is 0 Å². The van der Waals surface area contributed by atoms with E-state index in [0.29, 0.717) is 5.92 Å². The summed E-state index contributed by atoms with van der Waals surface area (Å²) in [6.45, 7) is 9.68. The van der Waals surface area contributed by atoms with Crippen LogP contribution in [0.5, 0.6) is 0 Å². The Labute approximate surface area is 126 Å². The molecule has 0 aromatic heterocycles. The summed E-state index contributed by atoms with van der Waals surface area (Å²) in [6, 6.07) is 0. The van der Waals surface area contributed by atoms with Crippen molar-refractivity contribution in [2.24, 2.45) is 5.92 Å². The molecule has 118 valence electrons. The Morgan fingerprint density at radius 3 is 2.30 bits per heavy atom. The first-order valence-electron chi connectivity index (χ1n) is 8.38. The number of esters is 1. The van der Waals surface area contributed by atoms with Crippen molar-refractivity contribution in [3.8, 4) is 0 Å². The minimum absolute atomic E-state index is 0.128. The molecular weight excluding hydrogens is 248 g/mol. The molecule has 0 aliphatic carbocycles. The predicted octanol–water partition coefficient (Wildman–Crippen LogP) is 5.66. The molecular formula is C18H34O2. The topological polar surface area (TPSA) is 26.3 Å². The zero-order valence-electron chi connectivity index (χ0n) is 13.8. The fourth-order valence-electron chi connectivity index (χ4n) is 2.44. The van der Waals surface area contributed by atoms with Crippen molar-refractivity contribution in [1.29, 1.82) is 0 Å². The van der Waals surface area contributed by atoms with Gasteiger partial charge >= 0.3 is 5.97 Å². The maximum absolute atomic E-state index is 11.1. The maximum atomic E-state index is 11.1. The highest BCUT2D eigenvalue weighted by Crippen LogP contribution is 2.18. The van der Waals surface area contributed by atoms with Crippen molar-refractivity contribution in [2.45, 2.75) is 91.1 Å². The molecule has 0 aliphatic rings. The Bertz CT molecular complexity index is 248. The molecule has 0 N–H and O–H groups in total. The molecule has 2 heteroatoms. The highest BCUT2D eigenvalue weighted by molar-refractivity contribution is 5.66. The number of ether oxygens (including phenoxy) is 1. The van der Waals surface area contributed by atoms with Crippen LogP contribution in [0.1, 0.15) is 85.0 Å². The van der Waals surface area contributed by atoms with Gasteiger partial charge in [0, 0.05) is 6.92 Å². The Kier molecular flexibility index (Phi) is 12.7. The van der Waals surface area contributed by atoms with Crippen LogP contribution in [0, 0.1) is 5.92 Å². The van der Waals surface area contributed by atoms with E-state index in [0.717, 1.165) is 25.7 Å². The number of carbonyl (C=O) groups excluding carboxylic acids is 1. The van der Waals surface area contributed by atoms with Crippen LogP contribution >= 0.6 is 0 Å². The average molecular weight is 282 g/mol. The van der Waals surface area contributed by atoms with Crippen LogP contribution in [-0.2, 0) is 9.53 Å². The lowest BCUT2D eigenvalue weighted by Gasteiger charge is -2.20. The van der Waals surface area contributed by atoms with Crippen molar-refractivity contribution in [2.75, 3.05) is 0 Å². The van der Waals surface area contributed by atoms with Crippen LogP contribution in [0.3, 0.4) is 0 Å². The SMILES string of the molecule is C=CCCCCCCCCC(CC(C)CC)OC(C)=O. The van der Waals surface area contributed by atoms with Gasteiger partial charge in [0.1, 0.15) is 6.10 Å². The van der Waals surface area contributed by atoms with Gasteiger partial charge < -0.3 is 4.74 Å². The summed E-state index contributed by atoms with van der Waals surface area (Å²) < 4.78 is 5.43. The molecule has 0 rings (SSSR count). The van der Waals surface area contributed by atoms with E-state index in [1.54, 1.807) is 0 Å². The van der Waals surface area contributed by atoms with Crippen LogP contribution in [0.2, 0.25) is 0 Å². The Morgan fingerprint density at radius 2 is 1.75 bits per heavy atom. The zero-order chi connectivity index (χ0) is 15.2. The molecule has 0 aromatic carbocycles. The van der Waals surface area contributed by atoms with Crippen molar-refractivity contribution in [3.05, 3.63) is 12.7 Å². The summed E-state index contributed by atoms with van der Waals surface area (Å²) in [6.07, 6.45) is 14.1. The molecule has 0 radical (unpaired) electrons. The summed E-state index contributed by atoms with van der Waals surface area (Å²) >= 11 is 0. The monoisotopic (exact) mass is 282 g/mol. The van der Waals surface area contributed by atoms with Crippen LogP contribution < -0.4 is 0 Å². The number of rotatable bonds is 13. The van der Waals surface area contributed by atoms with Crippen LogP contribution in [0.15, 0.2) is 12.7 Å². The second kappa shape index (κ2) is 13.2. The third kappa shape index (κ3) is 12.3. The lowest BCUT2D eigenvalue weighted by Crippen LogP contribution is -2.19. The molecule has 0 heterocycles. The van der Waals surface area contributed by atoms with Crippen LogP contribution in [0.4, 0.5) is 0 Å². The maximum Gasteiger partial charge on any atom is 0.302 e. The van der Waals surface area contributed by atoms with Gasteiger partial charge in [-0.3, -0.25) is 4.79 Å². The van der Waals surface area contributed by atoms with E-state index >= 15 is 0 Å². The fourth-order valence-corrected chi connectivity index (χ4v) is 2.44. The quantitative estimate of drug-likeness (QED) is 0.247. The fraction of sp³-hybridized carbons (Fsp3) is 0.833. The molecule has 2 nitrogen and oxygen atoms in total. The predicted molar refractivity (Wildman–Crippen MR) is 86.8 cm³/mol. The van der Waals surface area contributed by atoms with Gasteiger partial charge in [-0.1, -0.05) is 52.0 Å². The molecule has 0 bridgehead atoms. The van der Waals surface area contributed by atoms with E-state index in [4.69, 9.17) is 4.74 Å². The van der Waals surface area contributed by atoms with Crippen LogP contribution in [0.25, 0.3) is 0 Å². The minimum Gasteiger partial charge on any atom is -0.463 e. The van der Waals surface area contributed by atoms with Gasteiger partial charge in [0.2, 0.25) is 0 Å². The number of hydrogen-bond acceptors (Lipinski definition) is 2. The normalized spacial score (nSPS) is 13.8. The first-order chi connectivity index (χ1) is 9.60. The molecule has 20 heavy (non-hydrogen) atoms. The second-order valence-electron chi connectivity index (χ2n) is 5.97. The first kappa shape index (κ1) is 19.2. The lowest BCUT2D eigenvalue weighted by atomic mass is 9.97. The van der Waals surface area contributed by atoms with E-state index in [-0.39, 0.29) is 12.1 Å². The number of unbranched alkanes of at least 4 members (excludes halogenated alkanes) is 6. The van der Waals surface area contributed by atoms with E-state index in [1.165, 1.54) is 45.4 Å². The summed E-state index contributed by atoms with van der Waals surface area (Å²) in [5.41, 5.74) is 0. The molecule has 2 atom stereocenters. The van der Waals surface area contributed by atoms with Crippen molar-refractivity contribution in [3.63, 3.8) is 0 Å². The highest BCUT2D eigenvalue weighted by Gasteiger charge is 2.14. The molecule has 0 saturated carbocycles. The number of allylic oxidation sites excluding steroid dienone is 1. The molecule has 0 spiro atoms. The first-order valence-corrected chi connectivity index (χ1v) is 8.38. The standard InChI is InChI=1S/C18H34O2/c1-5-7-8-9-10-11-12-13-14-18(20-17(4)19)15-16(3)6-2/h5,16,18H,1,6-15H2,2-4H3.